The van der Waals surface area contributed by atoms with Gasteiger partial charge in [-0.2, -0.15) is 0 Å². The van der Waals surface area contributed by atoms with Crippen LogP contribution in [0.25, 0.3) is 0 Å². The molecule has 2 heterocycles. The second-order valence-corrected chi connectivity index (χ2v) is 5.23. The molecule has 0 saturated heterocycles. The fourth-order valence-electron chi connectivity index (χ4n) is 3.33. The molecule has 0 spiro atoms. The molecule has 1 aromatic carbocycles. The molecule has 1 N–H and O–H groups in total. The molecule has 18 heavy (non-hydrogen) atoms. The summed E-state index contributed by atoms with van der Waals surface area (Å²) in [6, 6.07) is 9.56. The minimum Gasteiger partial charge on any atom is -0.302 e. The standard InChI is InChI=1S/C14H16N4/c1-9-13-8-15-14-11-5-3-2-4-10(11)6-7-12(14)18(13)17-16-9/h2-5,12,14-15H,6-8H2,1H3/t12-,14-/m1/s1. The average Bonchev–Trinajstić information content (AvgIpc) is 2.80. The zero-order chi connectivity index (χ0) is 12.1. The van der Waals surface area contributed by atoms with Crippen molar-refractivity contribution in [2.45, 2.75) is 38.4 Å². The van der Waals surface area contributed by atoms with Gasteiger partial charge in [0.2, 0.25) is 0 Å². The number of hydrogen-bond acceptors (Lipinski definition) is 3. The third-order valence-corrected chi connectivity index (χ3v) is 4.27. The van der Waals surface area contributed by atoms with Crippen LogP contribution >= 0.6 is 0 Å². The zero-order valence-corrected chi connectivity index (χ0v) is 10.4. The first kappa shape index (κ1) is 10.3. The van der Waals surface area contributed by atoms with Crippen LogP contribution in [0, 0.1) is 6.92 Å². The van der Waals surface area contributed by atoms with Crippen molar-refractivity contribution in [2.24, 2.45) is 0 Å². The maximum atomic E-state index is 4.34. The second kappa shape index (κ2) is 3.65. The number of hydrogen-bond donors (Lipinski definition) is 1. The first-order chi connectivity index (χ1) is 8.84. The molecule has 1 aliphatic heterocycles. The van der Waals surface area contributed by atoms with E-state index in [0.717, 1.165) is 25.1 Å². The predicted octanol–water partition coefficient (Wildman–Crippen LogP) is 1.92. The van der Waals surface area contributed by atoms with Gasteiger partial charge in [-0.05, 0) is 30.9 Å². The van der Waals surface area contributed by atoms with Gasteiger partial charge in [-0.15, -0.1) is 5.10 Å². The molecule has 2 aliphatic rings. The normalized spacial score (nSPS) is 25.2. The van der Waals surface area contributed by atoms with Crippen LogP contribution in [0.3, 0.4) is 0 Å². The highest BCUT2D eigenvalue weighted by atomic mass is 15.5. The summed E-state index contributed by atoms with van der Waals surface area (Å²) in [6.45, 7) is 2.91. The van der Waals surface area contributed by atoms with E-state index < -0.39 is 0 Å². The van der Waals surface area contributed by atoms with Gasteiger partial charge in [-0.25, -0.2) is 4.68 Å². The summed E-state index contributed by atoms with van der Waals surface area (Å²) in [4.78, 5) is 0. The SMILES string of the molecule is Cc1nnn2c1CN[C@@H]1c3ccccc3CC[C@H]12. The highest BCUT2D eigenvalue weighted by Gasteiger charge is 2.35. The molecule has 0 amide bonds. The molecule has 1 aliphatic carbocycles. The minimum absolute atomic E-state index is 0.392. The van der Waals surface area contributed by atoms with Crippen molar-refractivity contribution in [1.29, 1.82) is 0 Å². The van der Waals surface area contributed by atoms with Crippen molar-refractivity contribution in [2.75, 3.05) is 0 Å². The molecule has 2 aromatic rings. The van der Waals surface area contributed by atoms with E-state index in [9.17, 15) is 0 Å². The van der Waals surface area contributed by atoms with E-state index in [0.29, 0.717) is 12.1 Å². The Bertz CT molecular complexity index is 602. The molecule has 1 aromatic heterocycles. The van der Waals surface area contributed by atoms with Crippen molar-refractivity contribution in [3.05, 3.63) is 46.8 Å². The summed E-state index contributed by atoms with van der Waals surface area (Å²) in [5, 5.41) is 12.2. The number of rotatable bonds is 0. The third-order valence-electron chi connectivity index (χ3n) is 4.27. The molecule has 0 bridgehead atoms. The molecular formula is C14H16N4. The first-order valence-electron chi connectivity index (χ1n) is 6.56. The van der Waals surface area contributed by atoms with E-state index in [1.165, 1.54) is 16.8 Å². The van der Waals surface area contributed by atoms with Crippen LogP contribution < -0.4 is 5.32 Å². The summed E-state index contributed by atoms with van der Waals surface area (Å²) in [5.74, 6) is 0. The lowest BCUT2D eigenvalue weighted by atomic mass is 9.83. The zero-order valence-electron chi connectivity index (χ0n) is 10.4. The van der Waals surface area contributed by atoms with E-state index in [-0.39, 0.29) is 0 Å². The van der Waals surface area contributed by atoms with Gasteiger partial charge in [0.25, 0.3) is 0 Å². The van der Waals surface area contributed by atoms with Crippen molar-refractivity contribution < 1.29 is 0 Å². The fraction of sp³-hybridized carbons (Fsp3) is 0.429. The van der Waals surface area contributed by atoms with E-state index in [2.05, 4.69) is 44.6 Å². The Balaban J connectivity index is 1.82. The molecule has 2 atom stereocenters. The van der Waals surface area contributed by atoms with E-state index in [4.69, 9.17) is 0 Å². The third kappa shape index (κ3) is 1.29. The van der Waals surface area contributed by atoms with Gasteiger partial charge >= 0.3 is 0 Å². The highest BCUT2D eigenvalue weighted by Crippen LogP contribution is 2.40. The van der Waals surface area contributed by atoms with Crippen LogP contribution in [0.4, 0.5) is 0 Å². The van der Waals surface area contributed by atoms with Crippen LogP contribution in [0.5, 0.6) is 0 Å². The number of nitrogens with zero attached hydrogens (tertiary/aromatic N) is 3. The summed E-state index contributed by atoms with van der Waals surface area (Å²) in [7, 11) is 0. The Kier molecular flexibility index (Phi) is 2.08. The van der Waals surface area contributed by atoms with Crippen LogP contribution in [0.2, 0.25) is 0 Å². The smallest absolute Gasteiger partial charge is 0.0841 e. The summed E-state index contributed by atoms with van der Waals surface area (Å²) in [6.07, 6.45) is 2.28. The van der Waals surface area contributed by atoms with E-state index in [1.807, 2.05) is 6.92 Å². The quantitative estimate of drug-likeness (QED) is 0.765. The first-order valence-corrected chi connectivity index (χ1v) is 6.56. The highest BCUT2D eigenvalue weighted by molar-refractivity contribution is 5.34. The van der Waals surface area contributed by atoms with Crippen molar-refractivity contribution in [1.82, 2.24) is 20.3 Å². The van der Waals surface area contributed by atoms with Gasteiger partial charge in [0.15, 0.2) is 0 Å². The van der Waals surface area contributed by atoms with Crippen molar-refractivity contribution in [3.8, 4) is 0 Å². The van der Waals surface area contributed by atoms with E-state index in [1.54, 1.807) is 0 Å². The lowest BCUT2D eigenvalue weighted by Crippen LogP contribution is -2.40. The van der Waals surface area contributed by atoms with Crippen LogP contribution in [0.1, 0.15) is 41.0 Å². The van der Waals surface area contributed by atoms with Gasteiger partial charge in [-0.1, -0.05) is 29.5 Å². The van der Waals surface area contributed by atoms with E-state index >= 15 is 0 Å². The Labute approximate surface area is 106 Å². The number of benzene rings is 1. The number of nitrogens with one attached hydrogen (secondary N) is 1. The van der Waals surface area contributed by atoms with Crippen molar-refractivity contribution in [3.63, 3.8) is 0 Å². The lowest BCUT2D eigenvalue weighted by Gasteiger charge is -2.38. The molecule has 4 rings (SSSR count). The van der Waals surface area contributed by atoms with Gasteiger partial charge in [0.1, 0.15) is 0 Å². The monoisotopic (exact) mass is 240 g/mol. The summed E-state index contributed by atoms with van der Waals surface area (Å²) < 4.78 is 2.15. The fourth-order valence-corrected chi connectivity index (χ4v) is 3.33. The topological polar surface area (TPSA) is 42.7 Å². The van der Waals surface area contributed by atoms with Crippen LogP contribution in [0.15, 0.2) is 24.3 Å². The Morgan fingerprint density at radius 1 is 1.33 bits per heavy atom. The van der Waals surface area contributed by atoms with Crippen LogP contribution in [-0.4, -0.2) is 15.0 Å². The minimum atomic E-state index is 0.392. The number of fused-ring (bicyclic) bond motifs is 5. The van der Waals surface area contributed by atoms with Gasteiger partial charge in [0.05, 0.1) is 23.5 Å². The van der Waals surface area contributed by atoms with Crippen molar-refractivity contribution >= 4 is 0 Å². The molecule has 0 saturated carbocycles. The molecule has 0 radical (unpaired) electrons. The van der Waals surface area contributed by atoms with Crippen LogP contribution in [-0.2, 0) is 13.0 Å². The lowest BCUT2D eigenvalue weighted by molar-refractivity contribution is 0.250. The molecule has 0 fully saturated rings. The maximum Gasteiger partial charge on any atom is 0.0841 e. The number of aryl methyl sites for hydroxylation is 2. The Morgan fingerprint density at radius 3 is 3.17 bits per heavy atom. The Hall–Kier alpha value is -1.68. The maximum absolute atomic E-state index is 4.34. The Morgan fingerprint density at radius 2 is 2.22 bits per heavy atom. The summed E-state index contributed by atoms with van der Waals surface area (Å²) in [5.41, 5.74) is 5.22. The number of aromatic nitrogens is 3. The van der Waals surface area contributed by atoms with Gasteiger partial charge < -0.3 is 5.32 Å². The molecule has 92 valence electrons. The predicted molar refractivity (Wildman–Crippen MR) is 68.1 cm³/mol. The summed E-state index contributed by atoms with van der Waals surface area (Å²) >= 11 is 0. The largest absolute Gasteiger partial charge is 0.302 e. The second-order valence-electron chi connectivity index (χ2n) is 5.23. The molecule has 0 unspecified atom stereocenters. The van der Waals surface area contributed by atoms with Gasteiger partial charge in [-0.3, -0.25) is 0 Å². The molecular weight excluding hydrogens is 224 g/mol. The molecule has 4 heteroatoms. The van der Waals surface area contributed by atoms with Gasteiger partial charge in [0, 0.05) is 6.54 Å². The average molecular weight is 240 g/mol. The molecule has 4 nitrogen and oxygen atoms in total.